The number of hydrogen-bond donors (Lipinski definition) is 1. The molecule has 1 aromatic heterocycles. The van der Waals surface area contributed by atoms with Gasteiger partial charge in [0.05, 0.1) is 12.4 Å². The van der Waals surface area contributed by atoms with E-state index in [1.54, 1.807) is 6.20 Å². The van der Waals surface area contributed by atoms with Crippen LogP contribution in [-0.2, 0) is 13.1 Å². The fourth-order valence-electron chi connectivity index (χ4n) is 1.85. The van der Waals surface area contributed by atoms with Crippen molar-refractivity contribution >= 4 is 15.9 Å². The van der Waals surface area contributed by atoms with Crippen LogP contribution in [0.15, 0.2) is 35.1 Å². The molecule has 0 saturated heterocycles. The first kappa shape index (κ1) is 14.1. The minimum absolute atomic E-state index is 0.762. The van der Waals surface area contributed by atoms with E-state index >= 15 is 0 Å². The molecule has 4 nitrogen and oxygen atoms in total. The molecule has 1 N–H and O–H groups in total. The molecule has 102 valence electrons. The Bertz CT molecular complexity index is 539. The van der Waals surface area contributed by atoms with Crippen LogP contribution in [0.4, 0.5) is 0 Å². The van der Waals surface area contributed by atoms with Crippen molar-refractivity contribution in [3.05, 3.63) is 40.6 Å². The number of nitrogens with one attached hydrogen (secondary N) is 1. The molecule has 0 aliphatic carbocycles. The average molecular weight is 324 g/mol. The van der Waals surface area contributed by atoms with Gasteiger partial charge in [0.25, 0.3) is 0 Å². The third-order valence-electron chi connectivity index (χ3n) is 2.68. The molecule has 0 atom stereocenters. The van der Waals surface area contributed by atoms with Gasteiger partial charge in [0.2, 0.25) is 0 Å². The van der Waals surface area contributed by atoms with Crippen LogP contribution < -0.4 is 10.1 Å². The summed E-state index contributed by atoms with van der Waals surface area (Å²) >= 11 is 3.48. The lowest BCUT2D eigenvalue weighted by atomic mass is 10.2. The molecule has 5 heteroatoms. The zero-order chi connectivity index (χ0) is 13.7. The molecule has 0 spiro atoms. The Balaban J connectivity index is 2.16. The maximum absolute atomic E-state index is 5.90. The van der Waals surface area contributed by atoms with Gasteiger partial charge in [0, 0.05) is 23.1 Å². The number of nitrogens with zero attached hydrogens (tertiary/aromatic N) is 2. The number of rotatable bonds is 6. The van der Waals surface area contributed by atoms with Crippen LogP contribution in [0.3, 0.4) is 0 Å². The van der Waals surface area contributed by atoms with E-state index in [-0.39, 0.29) is 0 Å². The smallest absolute Gasteiger partial charge is 0.165 e. The summed E-state index contributed by atoms with van der Waals surface area (Å²) in [6, 6.07) is 6.00. The van der Waals surface area contributed by atoms with E-state index in [2.05, 4.69) is 39.3 Å². The Morgan fingerprint density at radius 2 is 2.26 bits per heavy atom. The summed E-state index contributed by atoms with van der Waals surface area (Å²) in [6.07, 6.45) is 4.74. The molecule has 0 unspecified atom stereocenters. The highest BCUT2D eigenvalue weighted by Gasteiger charge is 2.07. The third kappa shape index (κ3) is 3.81. The SMILES string of the molecule is CCCn1cc(Oc2ccc(Br)cc2CNC)cn1. The summed E-state index contributed by atoms with van der Waals surface area (Å²) in [5.74, 6) is 1.63. The number of halogens is 1. The Morgan fingerprint density at radius 1 is 1.42 bits per heavy atom. The van der Waals surface area contributed by atoms with Crippen molar-refractivity contribution in [2.24, 2.45) is 0 Å². The van der Waals surface area contributed by atoms with Crippen molar-refractivity contribution in [3.63, 3.8) is 0 Å². The quantitative estimate of drug-likeness (QED) is 0.883. The lowest BCUT2D eigenvalue weighted by Crippen LogP contribution is -2.06. The van der Waals surface area contributed by atoms with Crippen LogP contribution in [0, 0.1) is 0 Å². The Kier molecular flexibility index (Phi) is 4.99. The van der Waals surface area contributed by atoms with E-state index in [1.807, 2.05) is 30.1 Å². The zero-order valence-electron chi connectivity index (χ0n) is 11.2. The molecule has 0 amide bonds. The first-order chi connectivity index (χ1) is 9.22. The van der Waals surface area contributed by atoms with Gasteiger partial charge in [-0.25, -0.2) is 0 Å². The summed E-state index contributed by atoms with van der Waals surface area (Å²) in [7, 11) is 1.92. The van der Waals surface area contributed by atoms with Gasteiger partial charge in [-0.2, -0.15) is 5.10 Å². The Morgan fingerprint density at radius 3 is 3.00 bits per heavy atom. The second-order valence-electron chi connectivity index (χ2n) is 4.32. The van der Waals surface area contributed by atoms with E-state index in [0.717, 1.165) is 41.0 Å². The van der Waals surface area contributed by atoms with E-state index in [0.29, 0.717) is 0 Å². The Hall–Kier alpha value is -1.33. The van der Waals surface area contributed by atoms with Crippen molar-refractivity contribution in [1.82, 2.24) is 15.1 Å². The molecule has 0 aliphatic rings. The average Bonchev–Trinajstić information content (AvgIpc) is 2.81. The lowest BCUT2D eigenvalue weighted by molar-refractivity contribution is 0.472. The fraction of sp³-hybridized carbons (Fsp3) is 0.357. The van der Waals surface area contributed by atoms with Crippen LogP contribution >= 0.6 is 15.9 Å². The molecule has 0 bridgehead atoms. The maximum Gasteiger partial charge on any atom is 0.165 e. The normalized spacial score (nSPS) is 10.7. The molecular formula is C14H18BrN3O. The molecule has 0 saturated carbocycles. The number of aryl methyl sites for hydroxylation is 1. The number of benzene rings is 1. The monoisotopic (exact) mass is 323 g/mol. The van der Waals surface area contributed by atoms with Crippen LogP contribution in [0.1, 0.15) is 18.9 Å². The van der Waals surface area contributed by atoms with Gasteiger partial charge >= 0.3 is 0 Å². The summed E-state index contributed by atoms with van der Waals surface area (Å²) in [5.41, 5.74) is 1.11. The second kappa shape index (κ2) is 6.73. The van der Waals surface area contributed by atoms with Gasteiger partial charge in [-0.1, -0.05) is 22.9 Å². The molecule has 0 radical (unpaired) electrons. The maximum atomic E-state index is 5.90. The first-order valence-electron chi connectivity index (χ1n) is 6.36. The minimum atomic E-state index is 0.762. The largest absolute Gasteiger partial charge is 0.454 e. The van der Waals surface area contributed by atoms with Gasteiger partial charge in [-0.3, -0.25) is 4.68 Å². The van der Waals surface area contributed by atoms with Crippen molar-refractivity contribution in [2.75, 3.05) is 7.05 Å². The number of ether oxygens (including phenoxy) is 1. The minimum Gasteiger partial charge on any atom is -0.454 e. The van der Waals surface area contributed by atoms with Crippen molar-refractivity contribution in [2.45, 2.75) is 26.4 Å². The van der Waals surface area contributed by atoms with Gasteiger partial charge < -0.3 is 10.1 Å². The highest BCUT2D eigenvalue weighted by Crippen LogP contribution is 2.27. The summed E-state index contributed by atoms with van der Waals surface area (Å²) < 4.78 is 8.84. The summed E-state index contributed by atoms with van der Waals surface area (Å²) in [5, 5.41) is 7.40. The molecular weight excluding hydrogens is 306 g/mol. The topological polar surface area (TPSA) is 39.1 Å². The fourth-order valence-corrected chi connectivity index (χ4v) is 2.26. The van der Waals surface area contributed by atoms with E-state index < -0.39 is 0 Å². The van der Waals surface area contributed by atoms with Crippen molar-refractivity contribution in [3.8, 4) is 11.5 Å². The van der Waals surface area contributed by atoms with E-state index in [4.69, 9.17) is 4.74 Å². The zero-order valence-corrected chi connectivity index (χ0v) is 12.8. The van der Waals surface area contributed by atoms with E-state index in [1.165, 1.54) is 0 Å². The highest BCUT2D eigenvalue weighted by atomic mass is 79.9. The second-order valence-corrected chi connectivity index (χ2v) is 5.24. The highest BCUT2D eigenvalue weighted by molar-refractivity contribution is 9.10. The van der Waals surface area contributed by atoms with Gasteiger partial charge in [-0.15, -0.1) is 0 Å². The molecule has 2 aromatic rings. The van der Waals surface area contributed by atoms with Crippen LogP contribution in [0.5, 0.6) is 11.5 Å². The van der Waals surface area contributed by atoms with Crippen LogP contribution in [0.2, 0.25) is 0 Å². The molecule has 0 aliphatic heterocycles. The molecule has 1 heterocycles. The predicted molar refractivity (Wildman–Crippen MR) is 79.5 cm³/mol. The van der Waals surface area contributed by atoms with Gasteiger partial charge in [-0.05, 0) is 31.7 Å². The summed E-state index contributed by atoms with van der Waals surface area (Å²) in [6.45, 7) is 3.80. The van der Waals surface area contributed by atoms with E-state index in [9.17, 15) is 0 Å². The standard InChI is InChI=1S/C14H18BrN3O/c1-3-6-18-10-13(9-17-18)19-14-5-4-12(15)7-11(14)8-16-2/h4-5,7,9-10,16H,3,6,8H2,1-2H3. The van der Waals surface area contributed by atoms with Crippen molar-refractivity contribution in [1.29, 1.82) is 0 Å². The predicted octanol–water partition coefficient (Wildman–Crippen LogP) is 3.57. The summed E-state index contributed by atoms with van der Waals surface area (Å²) in [4.78, 5) is 0. The third-order valence-corrected chi connectivity index (χ3v) is 3.17. The van der Waals surface area contributed by atoms with Crippen molar-refractivity contribution < 1.29 is 4.74 Å². The number of aromatic nitrogens is 2. The first-order valence-corrected chi connectivity index (χ1v) is 7.15. The van der Waals surface area contributed by atoms with Gasteiger partial charge in [0.15, 0.2) is 5.75 Å². The molecule has 2 rings (SSSR count). The van der Waals surface area contributed by atoms with Gasteiger partial charge in [0.1, 0.15) is 5.75 Å². The molecule has 1 aromatic carbocycles. The molecule has 0 fully saturated rings. The molecule has 19 heavy (non-hydrogen) atoms. The Labute approximate surface area is 121 Å². The number of hydrogen-bond acceptors (Lipinski definition) is 3. The lowest BCUT2D eigenvalue weighted by Gasteiger charge is -2.10. The van der Waals surface area contributed by atoms with Crippen LogP contribution in [0.25, 0.3) is 0 Å². The van der Waals surface area contributed by atoms with Crippen LogP contribution in [-0.4, -0.2) is 16.8 Å².